The quantitative estimate of drug-likeness (QED) is 0.812. The number of nitrogens with two attached hydrogens (primary N) is 1. The number of carbonyl (C=O) groups is 1. The van der Waals surface area contributed by atoms with Crippen molar-refractivity contribution in [3.05, 3.63) is 53.6 Å². The third-order valence-corrected chi connectivity index (χ3v) is 3.37. The zero-order valence-electron chi connectivity index (χ0n) is 12.0. The summed E-state index contributed by atoms with van der Waals surface area (Å²) in [6.45, 7) is 6.50. The van der Waals surface area contributed by atoms with E-state index in [2.05, 4.69) is 32.9 Å². The maximum atomic E-state index is 10.9. The fraction of sp³-hybridized carbons (Fsp3) is 0.235. The minimum Gasteiger partial charge on any atom is -0.478 e. The lowest BCUT2D eigenvalue weighted by molar-refractivity contribution is 0.0698. The van der Waals surface area contributed by atoms with Gasteiger partial charge in [-0.25, -0.2) is 4.79 Å². The van der Waals surface area contributed by atoms with E-state index in [9.17, 15) is 4.79 Å². The Labute approximate surface area is 119 Å². The number of hydrogen-bond donors (Lipinski definition) is 2. The summed E-state index contributed by atoms with van der Waals surface area (Å²) in [5.74, 6) is -1.00. The molecule has 0 aliphatic rings. The molecule has 20 heavy (non-hydrogen) atoms. The summed E-state index contributed by atoms with van der Waals surface area (Å²) in [5, 5.41) is 8.97. The average Bonchev–Trinajstić information content (AvgIpc) is 2.37. The molecule has 3 N–H and O–H groups in total. The highest BCUT2D eigenvalue weighted by atomic mass is 16.4. The van der Waals surface area contributed by atoms with Gasteiger partial charge in [-0.3, -0.25) is 0 Å². The lowest BCUT2D eigenvalue weighted by Gasteiger charge is -2.19. The Morgan fingerprint density at radius 3 is 2.00 bits per heavy atom. The lowest BCUT2D eigenvalue weighted by Crippen LogP contribution is -2.10. The van der Waals surface area contributed by atoms with Crippen molar-refractivity contribution >= 4 is 11.7 Å². The maximum absolute atomic E-state index is 10.9. The van der Waals surface area contributed by atoms with Crippen LogP contribution < -0.4 is 5.73 Å². The van der Waals surface area contributed by atoms with Gasteiger partial charge in [-0.15, -0.1) is 0 Å². The molecule has 0 spiro atoms. The van der Waals surface area contributed by atoms with E-state index in [0.29, 0.717) is 0 Å². The largest absolute Gasteiger partial charge is 0.478 e. The molecule has 2 rings (SSSR count). The monoisotopic (exact) mass is 269 g/mol. The molecule has 0 aliphatic carbocycles. The summed E-state index contributed by atoms with van der Waals surface area (Å²) in [5.41, 5.74) is 9.53. The average molecular weight is 269 g/mol. The number of nitrogen functional groups attached to an aromatic ring is 1. The first-order valence-electron chi connectivity index (χ1n) is 6.53. The van der Waals surface area contributed by atoms with Crippen molar-refractivity contribution in [3.63, 3.8) is 0 Å². The maximum Gasteiger partial charge on any atom is 0.337 e. The molecule has 0 amide bonds. The van der Waals surface area contributed by atoms with E-state index >= 15 is 0 Å². The Hall–Kier alpha value is -2.29. The van der Waals surface area contributed by atoms with Gasteiger partial charge in [0.05, 0.1) is 5.56 Å². The highest BCUT2D eigenvalue weighted by Crippen LogP contribution is 2.28. The van der Waals surface area contributed by atoms with Gasteiger partial charge in [0.15, 0.2) is 0 Å². The van der Waals surface area contributed by atoms with E-state index in [-0.39, 0.29) is 16.7 Å². The molecule has 0 radical (unpaired) electrons. The van der Waals surface area contributed by atoms with Gasteiger partial charge in [0.25, 0.3) is 0 Å². The van der Waals surface area contributed by atoms with Crippen LogP contribution in [0.2, 0.25) is 0 Å². The SMILES string of the molecule is CC(C)(C)c1ccc(-c2ccc(C(=O)O)c(N)c2)cc1. The fourth-order valence-corrected chi connectivity index (χ4v) is 2.10. The minimum atomic E-state index is -1.00. The first-order valence-corrected chi connectivity index (χ1v) is 6.53. The predicted molar refractivity (Wildman–Crippen MR) is 81.9 cm³/mol. The van der Waals surface area contributed by atoms with Gasteiger partial charge >= 0.3 is 5.97 Å². The summed E-state index contributed by atoms with van der Waals surface area (Å²) < 4.78 is 0. The van der Waals surface area contributed by atoms with E-state index in [1.54, 1.807) is 18.2 Å². The molecular formula is C17H19NO2. The second kappa shape index (κ2) is 5.00. The Morgan fingerprint density at radius 2 is 1.55 bits per heavy atom. The van der Waals surface area contributed by atoms with E-state index in [4.69, 9.17) is 10.8 Å². The summed E-state index contributed by atoms with van der Waals surface area (Å²) in [7, 11) is 0. The van der Waals surface area contributed by atoms with Crippen LogP contribution in [0.5, 0.6) is 0 Å². The summed E-state index contributed by atoms with van der Waals surface area (Å²) >= 11 is 0. The smallest absolute Gasteiger partial charge is 0.337 e. The van der Waals surface area contributed by atoms with Gasteiger partial charge in [-0.05, 0) is 34.2 Å². The van der Waals surface area contributed by atoms with Crippen molar-refractivity contribution in [2.75, 3.05) is 5.73 Å². The van der Waals surface area contributed by atoms with E-state index in [0.717, 1.165) is 11.1 Å². The number of benzene rings is 2. The lowest BCUT2D eigenvalue weighted by atomic mass is 9.86. The Kier molecular flexibility index (Phi) is 3.53. The molecule has 0 atom stereocenters. The van der Waals surface area contributed by atoms with Gasteiger partial charge in [-0.1, -0.05) is 51.1 Å². The molecule has 0 saturated heterocycles. The molecule has 0 bridgehead atoms. The van der Waals surface area contributed by atoms with Crippen LogP contribution in [-0.4, -0.2) is 11.1 Å². The molecular weight excluding hydrogens is 250 g/mol. The van der Waals surface area contributed by atoms with E-state index in [1.807, 2.05) is 12.1 Å². The van der Waals surface area contributed by atoms with Gasteiger partial charge in [0.2, 0.25) is 0 Å². The highest BCUT2D eigenvalue weighted by molar-refractivity contribution is 5.94. The first-order chi connectivity index (χ1) is 9.29. The highest BCUT2D eigenvalue weighted by Gasteiger charge is 2.13. The van der Waals surface area contributed by atoms with Crippen LogP contribution in [0.15, 0.2) is 42.5 Å². The zero-order valence-corrected chi connectivity index (χ0v) is 12.0. The molecule has 3 nitrogen and oxygen atoms in total. The third-order valence-electron chi connectivity index (χ3n) is 3.37. The van der Waals surface area contributed by atoms with Crippen LogP contribution >= 0.6 is 0 Å². The molecule has 0 aliphatic heterocycles. The number of carboxylic acid groups (broad SMARTS) is 1. The van der Waals surface area contributed by atoms with Crippen LogP contribution in [0.25, 0.3) is 11.1 Å². The first kappa shape index (κ1) is 14.1. The molecule has 0 fully saturated rings. The van der Waals surface area contributed by atoms with Gasteiger partial charge < -0.3 is 10.8 Å². The second-order valence-electron chi connectivity index (χ2n) is 5.93. The molecule has 2 aromatic rings. The van der Waals surface area contributed by atoms with E-state index in [1.165, 1.54) is 5.56 Å². The number of carboxylic acids is 1. The molecule has 2 aromatic carbocycles. The van der Waals surface area contributed by atoms with Crippen molar-refractivity contribution in [1.82, 2.24) is 0 Å². The van der Waals surface area contributed by atoms with Crippen molar-refractivity contribution in [3.8, 4) is 11.1 Å². The van der Waals surface area contributed by atoms with Gasteiger partial charge in [0.1, 0.15) is 0 Å². The Balaban J connectivity index is 2.37. The Morgan fingerprint density at radius 1 is 1.00 bits per heavy atom. The number of hydrogen-bond acceptors (Lipinski definition) is 2. The topological polar surface area (TPSA) is 63.3 Å². The normalized spacial score (nSPS) is 11.3. The van der Waals surface area contributed by atoms with Crippen molar-refractivity contribution in [2.45, 2.75) is 26.2 Å². The molecule has 0 aromatic heterocycles. The third kappa shape index (κ3) is 2.82. The molecule has 3 heteroatoms. The summed E-state index contributed by atoms with van der Waals surface area (Å²) in [4.78, 5) is 10.9. The standard InChI is InChI=1S/C17H19NO2/c1-17(2,3)13-7-4-11(5-8-13)12-6-9-14(16(19)20)15(18)10-12/h4-10H,18H2,1-3H3,(H,19,20). The molecule has 0 saturated carbocycles. The molecule has 104 valence electrons. The second-order valence-corrected chi connectivity index (χ2v) is 5.93. The molecule has 0 heterocycles. The van der Waals surface area contributed by atoms with Crippen LogP contribution in [-0.2, 0) is 5.41 Å². The number of rotatable bonds is 2. The number of aromatic carboxylic acids is 1. The van der Waals surface area contributed by atoms with Crippen LogP contribution in [0, 0.1) is 0 Å². The Bertz CT molecular complexity index is 637. The summed E-state index contributed by atoms with van der Waals surface area (Å²) in [6.07, 6.45) is 0. The summed E-state index contributed by atoms with van der Waals surface area (Å²) in [6, 6.07) is 13.3. The van der Waals surface area contributed by atoms with Crippen LogP contribution in [0.4, 0.5) is 5.69 Å². The van der Waals surface area contributed by atoms with E-state index < -0.39 is 5.97 Å². The fourth-order valence-electron chi connectivity index (χ4n) is 2.10. The van der Waals surface area contributed by atoms with Crippen molar-refractivity contribution in [1.29, 1.82) is 0 Å². The molecule has 0 unspecified atom stereocenters. The minimum absolute atomic E-state index is 0.116. The number of anilines is 1. The predicted octanol–water partition coefficient (Wildman–Crippen LogP) is 3.93. The van der Waals surface area contributed by atoms with Crippen molar-refractivity contribution in [2.24, 2.45) is 0 Å². The van der Waals surface area contributed by atoms with Gasteiger partial charge in [-0.2, -0.15) is 0 Å². The van der Waals surface area contributed by atoms with Crippen LogP contribution in [0.1, 0.15) is 36.7 Å². The van der Waals surface area contributed by atoms with Crippen molar-refractivity contribution < 1.29 is 9.90 Å². The van der Waals surface area contributed by atoms with Crippen LogP contribution in [0.3, 0.4) is 0 Å². The zero-order chi connectivity index (χ0) is 14.9. The van der Waals surface area contributed by atoms with Gasteiger partial charge in [0, 0.05) is 5.69 Å².